The summed E-state index contributed by atoms with van der Waals surface area (Å²) >= 11 is 1.66. The standard InChI is InChI=1S/C28H31N2O10PS/c1-17(2)40-28(31)37-16-39-41(32,33)38-15-36-26-21(34-4)13-20(14-22(26)35-5)27-29-24(19-9-7-6-8-10-19)25(30-27)23-12-11-18(3)42-23/h6-14,17H,15-16H2,1-5H3,(H,29,30)(H,32,33). The number of phosphoric acid groups is 1. The van der Waals surface area contributed by atoms with Gasteiger partial charge in [-0.05, 0) is 45.0 Å². The van der Waals surface area contributed by atoms with Crippen LogP contribution in [-0.2, 0) is 23.1 Å². The first-order valence-corrected chi connectivity index (χ1v) is 15.0. The predicted octanol–water partition coefficient (Wildman–Crippen LogP) is 6.79. The zero-order chi connectivity index (χ0) is 30.3. The molecule has 2 heterocycles. The topological polar surface area (TPSA) is 148 Å². The van der Waals surface area contributed by atoms with Crippen LogP contribution in [0.4, 0.5) is 4.79 Å². The van der Waals surface area contributed by atoms with Crippen LogP contribution in [0.5, 0.6) is 17.2 Å². The predicted molar refractivity (Wildman–Crippen MR) is 156 cm³/mol. The van der Waals surface area contributed by atoms with E-state index in [1.54, 1.807) is 37.3 Å². The van der Waals surface area contributed by atoms with Crippen LogP contribution in [0, 0.1) is 6.92 Å². The van der Waals surface area contributed by atoms with Crippen LogP contribution in [0.1, 0.15) is 18.7 Å². The van der Waals surface area contributed by atoms with E-state index in [9.17, 15) is 14.3 Å². The Hall–Kier alpha value is -3.87. The first-order chi connectivity index (χ1) is 20.1. The highest BCUT2D eigenvalue weighted by Crippen LogP contribution is 2.46. The third-order valence-electron chi connectivity index (χ3n) is 5.62. The van der Waals surface area contributed by atoms with Gasteiger partial charge in [0.25, 0.3) is 0 Å². The maximum Gasteiger partial charge on any atom is 0.510 e. The number of nitrogens with zero attached hydrogens (tertiary/aromatic N) is 1. The molecule has 0 amide bonds. The average Bonchev–Trinajstić information content (AvgIpc) is 3.59. The fraction of sp³-hybridized carbons (Fsp3) is 0.286. The van der Waals surface area contributed by atoms with Crippen LogP contribution in [0.3, 0.4) is 0 Å². The molecule has 2 aromatic carbocycles. The van der Waals surface area contributed by atoms with Gasteiger partial charge in [0.05, 0.1) is 36.6 Å². The molecule has 4 rings (SSSR count). The highest BCUT2D eigenvalue weighted by atomic mass is 32.1. The Balaban J connectivity index is 1.54. The first kappa shape index (κ1) is 31.1. The molecule has 1 unspecified atom stereocenters. The van der Waals surface area contributed by atoms with Gasteiger partial charge in [-0.3, -0.25) is 0 Å². The molecule has 42 heavy (non-hydrogen) atoms. The number of aromatic amines is 1. The number of thiophene rings is 1. The number of carbonyl (C=O) groups is 1. The van der Waals surface area contributed by atoms with Gasteiger partial charge in [0, 0.05) is 16.0 Å². The monoisotopic (exact) mass is 618 g/mol. The molecule has 0 saturated heterocycles. The molecule has 0 saturated carbocycles. The number of hydrogen-bond donors (Lipinski definition) is 2. The summed E-state index contributed by atoms with van der Waals surface area (Å²) in [4.78, 5) is 31.8. The second-order valence-corrected chi connectivity index (χ2v) is 11.7. The van der Waals surface area contributed by atoms with Crippen molar-refractivity contribution < 1.29 is 47.0 Å². The molecule has 224 valence electrons. The highest BCUT2D eigenvalue weighted by molar-refractivity contribution is 7.47. The number of hydrogen-bond acceptors (Lipinski definition) is 11. The minimum atomic E-state index is -4.64. The summed E-state index contributed by atoms with van der Waals surface area (Å²) in [6, 6.07) is 17.3. The Morgan fingerprint density at radius 2 is 1.67 bits per heavy atom. The van der Waals surface area contributed by atoms with E-state index in [0.717, 1.165) is 21.8 Å². The van der Waals surface area contributed by atoms with Gasteiger partial charge < -0.3 is 33.6 Å². The Morgan fingerprint density at radius 1 is 1.00 bits per heavy atom. The van der Waals surface area contributed by atoms with Crippen molar-refractivity contribution in [1.29, 1.82) is 0 Å². The Morgan fingerprint density at radius 3 is 2.26 bits per heavy atom. The van der Waals surface area contributed by atoms with Crippen molar-refractivity contribution in [1.82, 2.24) is 9.97 Å². The molecule has 12 nitrogen and oxygen atoms in total. The quantitative estimate of drug-likeness (QED) is 0.0927. The molecule has 2 aromatic heterocycles. The fourth-order valence-electron chi connectivity index (χ4n) is 3.78. The molecular formula is C28H31N2O10PS. The number of imidazole rings is 1. The summed E-state index contributed by atoms with van der Waals surface area (Å²) in [5.41, 5.74) is 3.27. The van der Waals surface area contributed by atoms with E-state index >= 15 is 0 Å². The van der Waals surface area contributed by atoms with Crippen LogP contribution in [0.15, 0.2) is 54.6 Å². The number of methoxy groups -OCH3 is 2. The van der Waals surface area contributed by atoms with Crippen molar-refractivity contribution in [3.8, 4) is 50.5 Å². The van der Waals surface area contributed by atoms with Gasteiger partial charge in [-0.1, -0.05) is 30.3 Å². The SMILES string of the molecule is COc1cc(-c2nc(-c3ccccc3)c(-c3ccc(C)s3)[nH]2)cc(OC)c1OCOP(=O)(O)OCOC(=O)OC(C)C. The number of benzene rings is 2. The van der Waals surface area contributed by atoms with Crippen molar-refractivity contribution in [2.24, 2.45) is 0 Å². The number of carbonyl (C=O) groups excluding carboxylic acids is 1. The van der Waals surface area contributed by atoms with E-state index in [1.165, 1.54) is 19.1 Å². The van der Waals surface area contributed by atoms with E-state index in [-0.39, 0.29) is 17.2 Å². The number of rotatable bonds is 13. The molecular weight excluding hydrogens is 587 g/mol. The molecule has 0 aliphatic rings. The number of phosphoric ester groups is 1. The van der Waals surface area contributed by atoms with E-state index in [4.69, 9.17) is 28.5 Å². The maximum absolute atomic E-state index is 12.2. The normalized spacial score (nSPS) is 12.5. The summed E-state index contributed by atoms with van der Waals surface area (Å²) in [6.07, 6.45) is -1.48. The van der Waals surface area contributed by atoms with Crippen molar-refractivity contribution in [3.63, 3.8) is 0 Å². The molecule has 14 heteroatoms. The van der Waals surface area contributed by atoms with Crippen LogP contribution >= 0.6 is 19.2 Å². The van der Waals surface area contributed by atoms with Gasteiger partial charge in [-0.2, -0.15) is 0 Å². The largest absolute Gasteiger partial charge is 0.510 e. The molecule has 2 N–H and O–H groups in total. The number of ether oxygens (including phenoxy) is 5. The minimum absolute atomic E-state index is 0.115. The highest BCUT2D eigenvalue weighted by Gasteiger charge is 2.25. The van der Waals surface area contributed by atoms with Crippen LogP contribution in [-0.4, -0.2) is 54.9 Å². The molecule has 0 aliphatic carbocycles. The van der Waals surface area contributed by atoms with Crippen LogP contribution in [0.2, 0.25) is 0 Å². The Kier molecular flexibility index (Phi) is 10.3. The number of aryl methyl sites for hydroxylation is 1. The van der Waals surface area contributed by atoms with Gasteiger partial charge in [0.1, 0.15) is 5.82 Å². The lowest BCUT2D eigenvalue weighted by molar-refractivity contribution is -0.0258. The van der Waals surface area contributed by atoms with Crippen molar-refractivity contribution in [2.45, 2.75) is 26.9 Å². The van der Waals surface area contributed by atoms with Crippen LogP contribution < -0.4 is 14.2 Å². The van der Waals surface area contributed by atoms with Gasteiger partial charge in [-0.15, -0.1) is 11.3 Å². The third-order valence-corrected chi connectivity index (χ3v) is 7.50. The van der Waals surface area contributed by atoms with E-state index < -0.39 is 33.7 Å². The molecule has 0 aliphatic heterocycles. The molecule has 1 atom stereocenters. The van der Waals surface area contributed by atoms with Crippen molar-refractivity contribution in [2.75, 3.05) is 27.8 Å². The average molecular weight is 619 g/mol. The summed E-state index contributed by atoms with van der Waals surface area (Å²) in [5.74, 6) is 1.20. The van der Waals surface area contributed by atoms with Crippen molar-refractivity contribution in [3.05, 3.63) is 59.5 Å². The number of aromatic nitrogens is 2. The minimum Gasteiger partial charge on any atom is -0.493 e. The van der Waals surface area contributed by atoms with E-state index in [0.29, 0.717) is 11.4 Å². The molecule has 0 bridgehead atoms. The third kappa shape index (κ3) is 7.90. The lowest BCUT2D eigenvalue weighted by Crippen LogP contribution is -2.15. The number of nitrogens with one attached hydrogen (secondary N) is 1. The Bertz CT molecular complexity index is 1530. The summed E-state index contributed by atoms with van der Waals surface area (Å²) in [6.45, 7) is 3.72. The van der Waals surface area contributed by atoms with Crippen LogP contribution in [0.25, 0.3) is 33.2 Å². The van der Waals surface area contributed by atoms with Gasteiger partial charge >= 0.3 is 14.0 Å². The smallest absolute Gasteiger partial charge is 0.493 e. The molecule has 4 aromatic rings. The zero-order valence-corrected chi connectivity index (χ0v) is 25.3. The Labute approximate surface area is 246 Å². The van der Waals surface area contributed by atoms with Crippen molar-refractivity contribution >= 4 is 25.3 Å². The summed E-state index contributed by atoms with van der Waals surface area (Å²) < 4.78 is 47.5. The molecule has 0 radical (unpaired) electrons. The van der Waals surface area contributed by atoms with Gasteiger partial charge in [0.15, 0.2) is 11.5 Å². The molecule has 0 fully saturated rings. The second kappa shape index (κ2) is 13.9. The van der Waals surface area contributed by atoms with E-state index in [2.05, 4.69) is 26.4 Å². The first-order valence-electron chi connectivity index (χ1n) is 12.7. The lowest BCUT2D eigenvalue weighted by atomic mass is 10.1. The number of H-pyrrole nitrogens is 1. The fourth-order valence-corrected chi connectivity index (χ4v) is 5.09. The maximum atomic E-state index is 12.2. The zero-order valence-electron chi connectivity index (χ0n) is 23.6. The van der Waals surface area contributed by atoms with E-state index in [1.807, 2.05) is 37.3 Å². The lowest BCUT2D eigenvalue weighted by Gasteiger charge is -2.17. The van der Waals surface area contributed by atoms with Gasteiger partial charge in [0.2, 0.25) is 19.3 Å². The summed E-state index contributed by atoms with van der Waals surface area (Å²) in [5, 5.41) is 0. The molecule has 0 spiro atoms. The second-order valence-electron chi connectivity index (χ2n) is 8.96. The summed E-state index contributed by atoms with van der Waals surface area (Å²) in [7, 11) is -1.75. The van der Waals surface area contributed by atoms with Gasteiger partial charge in [-0.25, -0.2) is 23.4 Å².